The lowest BCUT2D eigenvalue weighted by Crippen LogP contribution is -2.59. The van der Waals surface area contributed by atoms with E-state index in [2.05, 4.69) is 33.6 Å². The van der Waals surface area contributed by atoms with Crippen LogP contribution in [0.15, 0.2) is 29.6 Å². The van der Waals surface area contributed by atoms with E-state index >= 15 is 0 Å². The van der Waals surface area contributed by atoms with Crippen LogP contribution < -0.4 is 16.0 Å². The molecule has 8 atom stereocenters. The SMILES string of the molecule is CC[C@H](C)[C@H](NC(=O)[C@H]1CCCCN1C)C(=O)N(COC(O)CC(C)C)[C@H](C[C@@H](OC(C)=O)c1nc(C(=O)N[C@@H](Cc2ccc(O)cc2)C[C@H](C)C(=O)NCCS)cs1)C(C)C. The molecule has 15 nitrogen and oxygen atoms in total. The van der Waals surface area contributed by atoms with Crippen molar-refractivity contribution in [2.24, 2.45) is 23.7 Å². The molecular formula is C45H72N6O9S2. The van der Waals surface area contributed by atoms with Gasteiger partial charge in [0.05, 0.1) is 6.04 Å². The van der Waals surface area contributed by atoms with Gasteiger partial charge in [-0.05, 0) is 74.7 Å². The zero-order valence-electron chi connectivity index (χ0n) is 38.1. The second-order valence-corrected chi connectivity index (χ2v) is 18.8. The van der Waals surface area contributed by atoms with Crippen LogP contribution in [0.4, 0.5) is 0 Å². The first-order valence-electron chi connectivity index (χ1n) is 22.1. The number of rotatable bonds is 25. The molecular weight excluding hydrogens is 833 g/mol. The molecule has 1 aliphatic rings. The Morgan fingerprint density at radius 2 is 1.71 bits per heavy atom. The highest BCUT2D eigenvalue weighted by Gasteiger charge is 2.39. The first-order chi connectivity index (χ1) is 29.3. The Labute approximate surface area is 377 Å². The zero-order valence-corrected chi connectivity index (χ0v) is 39.8. The fraction of sp³-hybridized carbons (Fsp3) is 0.689. The monoisotopic (exact) mass is 904 g/mol. The van der Waals surface area contributed by atoms with Gasteiger partial charge in [0.15, 0.2) is 12.4 Å². The van der Waals surface area contributed by atoms with Gasteiger partial charge >= 0.3 is 5.97 Å². The van der Waals surface area contributed by atoms with Crippen molar-refractivity contribution in [3.05, 3.63) is 45.9 Å². The van der Waals surface area contributed by atoms with E-state index in [1.54, 1.807) is 36.6 Å². The van der Waals surface area contributed by atoms with Gasteiger partial charge < -0.3 is 40.5 Å². The van der Waals surface area contributed by atoms with Crippen LogP contribution in [0, 0.1) is 23.7 Å². The van der Waals surface area contributed by atoms with Crippen molar-refractivity contribution in [2.75, 3.05) is 32.6 Å². The number of ether oxygens (including phenoxy) is 2. The van der Waals surface area contributed by atoms with E-state index in [1.165, 1.54) is 11.8 Å². The van der Waals surface area contributed by atoms with E-state index < -0.39 is 48.3 Å². The normalized spacial score (nSPS) is 17.9. The molecule has 17 heteroatoms. The molecule has 0 aliphatic carbocycles. The van der Waals surface area contributed by atoms with Gasteiger partial charge in [-0.25, -0.2) is 4.98 Å². The van der Waals surface area contributed by atoms with Crippen molar-refractivity contribution >= 4 is 53.6 Å². The van der Waals surface area contributed by atoms with E-state index in [1.807, 2.05) is 53.5 Å². The van der Waals surface area contributed by atoms with Gasteiger partial charge in [-0.2, -0.15) is 12.6 Å². The van der Waals surface area contributed by atoms with E-state index in [0.717, 1.165) is 36.3 Å². The first-order valence-corrected chi connectivity index (χ1v) is 23.6. The Morgan fingerprint density at radius 1 is 1.02 bits per heavy atom. The average Bonchev–Trinajstić information content (AvgIpc) is 3.72. The number of phenolic OH excluding ortho intramolecular Hbond substituents is 1. The minimum atomic E-state index is -1.15. The highest BCUT2D eigenvalue weighted by molar-refractivity contribution is 7.80. The van der Waals surface area contributed by atoms with Crippen molar-refractivity contribution in [2.45, 2.75) is 143 Å². The topological polar surface area (TPSA) is 200 Å². The number of carbonyl (C=O) groups is 5. The second-order valence-electron chi connectivity index (χ2n) is 17.5. The number of thiol groups is 1. The van der Waals surface area contributed by atoms with Gasteiger partial charge in [-0.3, -0.25) is 28.9 Å². The minimum Gasteiger partial charge on any atom is -0.508 e. The lowest BCUT2D eigenvalue weighted by Gasteiger charge is -2.40. The van der Waals surface area contributed by atoms with E-state index in [-0.39, 0.29) is 66.1 Å². The number of likely N-dealkylation sites (N-methyl/N-ethyl adjacent to an activating group) is 1. The maximum Gasteiger partial charge on any atom is 0.303 e. The number of benzene rings is 1. The summed E-state index contributed by atoms with van der Waals surface area (Å²) in [7, 11) is 1.92. The van der Waals surface area contributed by atoms with Gasteiger partial charge in [0.1, 0.15) is 29.2 Å². The number of aromatic nitrogens is 1. The molecule has 0 radical (unpaired) electrons. The molecule has 1 unspecified atom stereocenters. The Bertz CT molecular complexity index is 1730. The third-order valence-electron chi connectivity index (χ3n) is 11.4. The molecule has 3 rings (SSSR count). The first kappa shape index (κ1) is 52.6. The van der Waals surface area contributed by atoms with Crippen molar-refractivity contribution < 1.29 is 43.7 Å². The van der Waals surface area contributed by atoms with Crippen LogP contribution in [0.3, 0.4) is 0 Å². The van der Waals surface area contributed by atoms with Crippen molar-refractivity contribution in [1.82, 2.24) is 30.7 Å². The predicted octanol–water partition coefficient (Wildman–Crippen LogP) is 5.46. The summed E-state index contributed by atoms with van der Waals surface area (Å²) >= 11 is 5.32. The van der Waals surface area contributed by atoms with E-state index in [9.17, 15) is 34.2 Å². The maximum atomic E-state index is 14.9. The highest BCUT2D eigenvalue weighted by atomic mass is 32.1. The van der Waals surface area contributed by atoms with Gasteiger partial charge in [-0.15, -0.1) is 11.3 Å². The molecule has 0 spiro atoms. The largest absolute Gasteiger partial charge is 0.508 e. The summed E-state index contributed by atoms with van der Waals surface area (Å²) in [6.07, 6.45) is 2.21. The van der Waals surface area contributed by atoms with Gasteiger partial charge in [0, 0.05) is 55.4 Å². The number of amides is 4. The van der Waals surface area contributed by atoms with Crippen molar-refractivity contribution in [1.29, 1.82) is 0 Å². The molecule has 1 fully saturated rings. The Hall–Kier alpha value is -3.77. The Morgan fingerprint density at radius 3 is 2.31 bits per heavy atom. The molecule has 1 aromatic heterocycles. The van der Waals surface area contributed by atoms with Crippen LogP contribution in [0.1, 0.15) is 127 Å². The number of nitrogens with zero attached hydrogens (tertiary/aromatic N) is 3. The number of aliphatic hydroxyl groups excluding tert-OH is 1. The molecule has 1 aliphatic heterocycles. The average molecular weight is 905 g/mol. The molecule has 348 valence electrons. The van der Waals surface area contributed by atoms with E-state index in [4.69, 9.17) is 9.47 Å². The standard InChI is InChI=1S/C45H72N6O9S2/c1-10-29(6)40(49-43(57)36-13-11-12-19-50(36)9)45(58)51(26-59-39(54)21-27(2)3)37(28(4)5)24-38(60-31(8)52)44-48-35(25-62-44)42(56)47-33(22-30(7)41(55)46-18-20-61)23-32-14-16-34(53)17-15-32/h14-17,25,27-30,33,36-40,53-54,61H,10-13,18-24,26H2,1-9H3,(H,46,55)(H,47,56)(H,49,57)/t29-,30-,33+,36+,37+,38+,39?,40-/m0/s1. The Kier molecular flexibility index (Phi) is 22.2. The van der Waals surface area contributed by atoms with Gasteiger partial charge in [-0.1, -0.05) is 73.4 Å². The smallest absolute Gasteiger partial charge is 0.303 e. The quantitative estimate of drug-likeness (QED) is 0.0420. The third kappa shape index (κ3) is 16.7. The minimum absolute atomic E-state index is 0.0795. The number of likely N-dealkylation sites (tertiary alicyclic amines) is 1. The number of nitrogens with one attached hydrogen (secondary N) is 3. The number of hydrogen-bond acceptors (Lipinski definition) is 13. The fourth-order valence-electron chi connectivity index (χ4n) is 7.65. The number of thiazole rings is 1. The highest BCUT2D eigenvalue weighted by Crippen LogP contribution is 2.32. The van der Waals surface area contributed by atoms with Crippen LogP contribution in [0.25, 0.3) is 0 Å². The maximum absolute atomic E-state index is 14.9. The molecule has 5 N–H and O–H groups in total. The lowest BCUT2D eigenvalue weighted by molar-refractivity contribution is -0.172. The summed E-state index contributed by atoms with van der Waals surface area (Å²) in [5.41, 5.74) is 0.937. The Balaban J connectivity index is 1.96. The van der Waals surface area contributed by atoms with Crippen molar-refractivity contribution in [3.63, 3.8) is 0 Å². The summed E-state index contributed by atoms with van der Waals surface area (Å²) in [5.74, 6) is -2.01. The number of piperidine rings is 1. The molecule has 0 bridgehead atoms. The molecule has 2 aromatic rings. The fourth-order valence-corrected chi connectivity index (χ4v) is 8.60. The van der Waals surface area contributed by atoms with Crippen LogP contribution >= 0.6 is 24.0 Å². The van der Waals surface area contributed by atoms with Crippen LogP contribution in [-0.4, -0.2) is 118 Å². The summed E-state index contributed by atoms with van der Waals surface area (Å²) in [5, 5.41) is 31.5. The number of esters is 1. The number of hydrogen-bond donors (Lipinski definition) is 6. The predicted molar refractivity (Wildman–Crippen MR) is 243 cm³/mol. The number of aromatic hydroxyl groups is 1. The summed E-state index contributed by atoms with van der Waals surface area (Å²) < 4.78 is 11.8. The third-order valence-corrected chi connectivity index (χ3v) is 12.6. The van der Waals surface area contributed by atoms with Gasteiger partial charge in [0.2, 0.25) is 17.7 Å². The zero-order chi connectivity index (χ0) is 46.1. The number of carbonyl (C=O) groups excluding carboxylic acids is 5. The molecule has 0 saturated carbocycles. The molecule has 62 heavy (non-hydrogen) atoms. The van der Waals surface area contributed by atoms with Crippen LogP contribution in [0.5, 0.6) is 5.75 Å². The molecule has 1 saturated heterocycles. The lowest BCUT2D eigenvalue weighted by atomic mass is 9.92. The van der Waals surface area contributed by atoms with Crippen LogP contribution in [0.2, 0.25) is 0 Å². The summed E-state index contributed by atoms with van der Waals surface area (Å²) in [4.78, 5) is 76.2. The van der Waals surface area contributed by atoms with Crippen LogP contribution in [-0.2, 0) is 35.1 Å². The molecule has 4 amide bonds. The number of phenols is 1. The molecule has 2 heterocycles. The van der Waals surface area contributed by atoms with E-state index in [0.29, 0.717) is 49.4 Å². The van der Waals surface area contributed by atoms with Crippen molar-refractivity contribution in [3.8, 4) is 5.75 Å². The number of aliphatic hydroxyl groups is 1. The molecule has 1 aromatic carbocycles. The van der Waals surface area contributed by atoms with Gasteiger partial charge in [0.25, 0.3) is 5.91 Å². The second kappa shape index (κ2) is 26.1. The summed E-state index contributed by atoms with van der Waals surface area (Å²) in [6.45, 7) is 15.6. The summed E-state index contributed by atoms with van der Waals surface area (Å²) in [6, 6.07) is 4.27.